The minimum atomic E-state index is -0.356. The van der Waals surface area contributed by atoms with Crippen LogP contribution in [0.25, 0.3) is 0 Å². The van der Waals surface area contributed by atoms with Crippen molar-refractivity contribution in [3.8, 4) is 0 Å². The minimum absolute atomic E-state index is 0.0629. The van der Waals surface area contributed by atoms with E-state index in [0.717, 1.165) is 5.75 Å². The number of ether oxygens (including phenoxy) is 1. The van der Waals surface area contributed by atoms with Gasteiger partial charge in [-0.2, -0.15) is 11.8 Å². The summed E-state index contributed by atoms with van der Waals surface area (Å²) in [6, 6.07) is 1.50. The molecule has 0 aromatic carbocycles. The van der Waals surface area contributed by atoms with Gasteiger partial charge < -0.3 is 9.30 Å². The van der Waals surface area contributed by atoms with Gasteiger partial charge in [-0.3, -0.25) is 4.79 Å². The summed E-state index contributed by atoms with van der Waals surface area (Å²) in [5, 5.41) is 0. The quantitative estimate of drug-likeness (QED) is 0.767. The molecule has 0 aliphatic heterocycles. The Bertz CT molecular complexity index is 494. The second-order valence-electron chi connectivity index (χ2n) is 3.99. The van der Waals surface area contributed by atoms with Gasteiger partial charge in [-0.25, -0.2) is 4.79 Å². The van der Waals surface area contributed by atoms with Crippen molar-refractivity contribution in [2.45, 2.75) is 27.3 Å². The second kappa shape index (κ2) is 6.64. The number of esters is 1. The zero-order chi connectivity index (χ0) is 13.7. The van der Waals surface area contributed by atoms with Crippen molar-refractivity contribution in [1.29, 1.82) is 0 Å². The molecule has 1 rings (SSSR count). The molecule has 0 N–H and O–H groups in total. The van der Waals surface area contributed by atoms with Crippen molar-refractivity contribution in [2.24, 2.45) is 0 Å². The van der Waals surface area contributed by atoms with E-state index in [0.29, 0.717) is 30.0 Å². The molecule has 0 radical (unpaired) electrons. The van der Waals surface area contributed by atoms with Gasteiger partial charge in [0.15, 0.2) is 0 Å². The van der Waals surface area contributed by atoms with E-state index in [2.05, 4.69) is 0 Å². The number of pyridine rings is 1. The number of rotatable bonds is 5. The Morgan fingerprint density at radius 2 is 2.11 bits per heavy atom. The second-order valence-corrected chi connectivity index (χ2v) is 4.98. The first-order chi connectivity index (χ1) is 8.52. The molecule has 5 heteroatoms. The number of aryl methyl sites for hydroxylation is 1. The van der Waals surface area contributed by atoms with Gasteiger partial charge in [0.1, 0.15) is 0 Å². The molecule has 0 unspecified atom stereocenters. The zero-order valence-electron chi connectivity index (χ0n) is 11.3. The van der Waals surface area contributed by atoms with Crippen LogP contribution in [0.1, 0.15) is 28.5 Å². The molecule has 0 aliphatic carbocycles. The van der Waals surface area contributed by atoms with Gasteiger partial charge in [-0.15, -0.1) is 0 Å². The number of thioether (sulfide) groups is 1. The van der Waals surface area contributed by atoms with Crippen LogP contribution in [-0.4, -0.2) is 29.2 Å². The molecule has 100 valence electrons. The molecule has 0 saturated carbocycles. The van der Waals surface area contributed by atoms with E-state index in [1.54, 1.807) is 37.1 Å². The number of carbonyl (C=O) groups excluding carboxylic acids is 1. The molecule has 0 bridgehead atoms. The van der Waals surface area contributed by atoms with Gasteiger partial charge in [0.25, 0.3) is 5.56 Å². The van der Waals surface area contributed by atoms with Crippen LogP contribution in [0, 0.1) is 13.8 Å². The topological polar surface area (TPSA) is 48.3 Å². The molecule has 0 fully saturated rings. The lowest BCUT2D eigenvalue weighted by Crippen LogP contribution is -2.27. The van der Waals surface area contributed by atoms with E-state index in [9.17, 15) is 9.59 Å². The lowest BCUT2D eigenvalue weighted by molar-refractivity contribution is 0.0523. The van der Waals surface area contributed by atoms with Gasteiger partial charge in [0.05, 0.1) is 12.2 Å². The average Bonchev–Trinajstić information content (AvgIpc) is 2.28. The fraction of sp³-hybridized carbons (Fsp3) is 0.538. The summed E-state index contributed by atoms with van der Waals surface area (Å²) in [6.07, 6.45) is 1.99. The maximum Gasteiger partial charge on any atom is 0.340 e. The lowest BCUT2D eigenvalue weighted by atomic mass is 10.1. The Labute approximate surface area is 111 Å². The smallest absolute Gasteiger partial charge is 0.340 e. The van der Waals surface area contributed by atoms with Gasteiger partial charge in [-0.1, -0.05) is 0 Å². The van der Waals surface area contributed by atoms with E-state index in [4.69, 9.17) is 4.74 Å². The van der Waals surface area contributed by atoms with Crippen LogP contribution in [0.2, 0.25) is 0 Å². The first kappa shape index (κ1) is 14.8. The highest BCUT2D eigenvalue weighted by Gasteiger charge is 2.17. The predicted molar refractivity (Wildman–Crippen MR) is 74.5 cm³/mol. The SMILES string of the molecule is CCOC(=O)c1c(C)cc(=O)n(CCSC)c1C. The number of nitrogens with zero attached hydrogens (tertiary/aromatic N) is 1. The average molecular weight is 269 g/mol. The molecular formula is C13H19NO3S. The van der Waals surface area contributed by atoms with Crippen molar-refractivity contribution in [3.05, 3.63) is 33.2 Å². The van der Waals surface area contributed by atoms with Crippen molar-refractivity contribution < 1.29 is 9.53 Å². The van der Waals surface area contributed by atoms with E-state index >= 15 is 0 Å². The van der Waals surface area contributed by atoms with Gasteiger partial charge >= 0.3 is 5.97 Å². The number of hydrogen-bond acceptors (Lipinski definition) is 4. The maximum absolute atomic E-state index is 11.9. The summed E-state index contributed by atoms with van der Waals surface area (Å²) < 4.78 is 6.66. The maximum atomic E-state index is 11.9. The number of hydrogen-bond donors (Lipinski definition) is 0. The molecule has 0 amide bonds. The van der Waals surface area contributed by atoms with Crippen molar-refractivity contribution >= 4 is 17.7 Å². The third-order valence-electron chi connectivity index (χ3n) is 2.77. The van der Waals surface area contributed by atoms with Gasteiger partial charge in [0.2, 0.25) is 0 Å². The Kier molecular flexibility index (Phi) is 5.47. The van der Waals surface area contributed by atoms with Crippen LogP contribution in [0.3, 0.4) is 0 Å². The number of aromatic nitrogens is 1. The summed E-state index contributed by atoms with van der Waals surface area (Å²) in [6.45, 7) is 6.27. The molecule has 1 aromatic rings. The first-order valence-electron chi connectivity index (χ1n) is 5.90. The standard InChI is InChI=1S/C13H19NO3S/c1-5-17-13(16)12-9(2)8-11(15)14(10(12)3)6-7-18-4/h8H,5-7H2,1-4H3. The van der Waals surface area contributed by atoms with Crippen molar-refractivity contribution in [3.63, 3.8) is 0 Å². The van der Waals surface area contributed by atoms with E-state index < -0.39 is 0 Å². The highest BCUT2D eigenvalue weighted by molar-refractivity contribution is 7.98. The summed E-state index contributed by atoms with van der Waals surface area (Å²) in [7, 11) is 0. The monoisotopic (exact) mass is 269 g/mol. The molecule has 0 saturated heterocycles. The van der Waals surface area contributed by atoms with E-state index in [1.165, 1.54) is 6.07 Å². The third kappa shape index (κ3) is 3.16. The molecule has 1 heterocycles. The van der Waals surface area contributed by atoms with Crippen LogP contribution < -0.4 is 5.56 Å². The predicted octanol–water partition coefficient (Wildman–Crippen LogP) is 2.00. The lowest BCUT2D eigenvalue weighted by Gasteiger charge is -2.15. The Balaban J connectivity index is 3.26. The Hall–Kier alpha value is -1.23. The third-order valence-corrected chi connectivity index (χ3v) is 3.36. The molecule has 1 aromatic heterocycles. The fourth-order valence-electron chi connectivity index (χ4n) is 1.89. The van der Waals surface area contributed by atoms with E-state index in [-0.39, 0.29) is 11.5 Å². The highest BCUT2D eigenvalue weighted by Crippen LogP contribution is 2.13. The van der Waals surface area contributed by atoms with Crippen LogP contribution in [-0.2, 0) is 11.3 Å². The number of carbonyl (C=O) groups is 1. The fourth-order valence-corrected chi connectivity index (χ4v) is 2.26. The normalized spacial score (nSPS) is 10.4. The van der Waals surface area contributed by atoms with Crippen LogP contribution in [0.15, 0.2) is 10.9 Å². The summed E-state index contributed by atoms with van der Waals surface area (Å²) in [5.41, 5.74) is 1.81. The van der Waals surface area contributed by atoms with Gasteiger partial charge in [0, 0.05) is 24.1 Å². The molecule has 4 nitrogen and oxygen atoms in total. The summed E-state index contributed by atoms with van der Waals surface area (Å²) in [4.78, 5) is 23.8. The Morgan fingerprint density at radius 3 is 2.67 bits per heavy atom. The van der Waals surface area contributed by atoms with Crippen molar-refractivity contribution in [2.75, 3.05) is 18.6 Å². The van der Waals surface area contributed by atoms with Crippen LogP contribution in [0.4, 0.5) is 0 Å². The minimum Gasteiger partial charge on any atom is -0.462 e. The summed E-state index contributed by atoms with van der Waals surface area (Å²) >= 11 is 1.67. The first-order valence-corrected chi connectivity index (χ1v) is 7.29. The van der Waals surface area contributed by atoms with E-state index in [1.807, 2.05) is 6.26 Å². The van der Waals surface area contributed by atoms with Gasteiger partial charge in [-0.05, 0) is 32.6 Å². The largest absolute Gasteiger partial charge is 0.462 e. The molecular weight excluding hydrogens is 250 g/mol. The van der Waals surface area contributed by atoms with Crippen molar-refractivity contribution in [1.82, 2.24) is 4.57 Å². The molecule has 0 atom stereocenters. The van der Waals surface area contributed by atoms with Crippen LogP contribution >= 0.6 is 11.8 Å². The molecule has 18 heavy (non-hydrogen) atoms. The zero-order valence-corrected chi connectivity index (χ0v) is 12.1. The molecule has 0 spiro atoms. The molecule has 0 aliphatic rings. The highest BCUT2D eigenvalue weighted by atomic mass is 32.2. The Morgan fingerprint density at radius 1 is 1.44 bits per heavy atom. The van der Waals surface area contributed by atoms with Crippen LogP contribution in [0.5, 0.6) is 0 Å². The summed E-state index contributed by atoms with van der Waals surface area (Å²) in [5.74, 6) is 0.483.